The molecule has 1 aromatic rings. The van der Waals surface area contributed by atoms with Crippen LogP contribution in [0, 0.1) is 23.7 Å². The molecule has 5 rings (SSSR count). The number of hydrogen-bond acceptors (Lipinski definition) is 2. The fraction of sp³-hybridized carbons (Fsp3) is 0.812. The van der Waals surface area contributed by atoms with Gasteiger partial charge < -0.3 is 10.3 Å². The van der Waals surface area contributed by atoms with Crippen LogP contribution in [0.15, 0.2) is 12.4 Å². The second-order valence-corrected chi connectivity index (χ2v) is 7.23. The summed E-state index contributed by atoms with van der Waals surface area (Å²) in [6.45, 7) is 2.91. The lowest BCUT2D eigenvalue weighted by Crippen LogP contribution is -2.44. The fourth-order valence-electron chi connectivity index (χ4n) is 5.42. The van der Waals surface area contributed by atoms with E-state index in [1.165, 1.54) is 37.9 Å². The minimum atomic E-state index is 0.384. The molecule has 1 atom stereocenters. The van der Waals surface area contributed by atoms with Gasteiger partial charge >= 0.3 is 0 Å². The molecule has 3 heteroatoms. The van der Waals surface area contributed by atoms with E-state index in [0.29, 0.717) is 12.6 Å². The second-order valence-electron chi connectivity index (χ2n) is 7.23. The van der Waals surface area contributed by atoms with Crippen molar-refractivity contribution in [1.82, 2.24) is 9.55 Å². The highest BCUT2D eigenvalue weighted by Crippen LogP contribution is 2.59. The van der Waals surface area contributed by atoms with Gasteiger partial charge in [0.15, 0.2) is 0 Å². The van der Waals surface area contributed by atoms with Crippen molar-refractivity contribution < 1.29 is 0 Å². The van der Waals surface area contributed by atoms with Crippen molar-refractivity contribution in [3.63, 3.8) is 0 Å². The molecule has 0 aliphatic heterocycles. The molecule has 4 bridgehead atoms. The molecule has 3 nitrogen and oxygen atoms in total. The maximum atomic E-state index is 5.86. The van der Waals surface area contributed by atoms with Crippen LogP contribution in [0.5, 0.6) is 0 Å². The number of nitrogens with two attached hydrogens (primary N) is 1. The maximum Gasteiger partial charge on any atom is 0.112 e. The van der Waals surface area contributed by atoms with Crippen molar-refractivity contribution in [1.29, 1.82) is 0 Å². The lowest BCUT2D eigenvalue weighted by atomic mass is 9.51. The van der Waals surface area contributed by atoms with Crippen LogP contribution in [0.2, 0.25) is 0 Å². The highest BCUT2D eigenvalue weighted by molar-refractivity contribution is 5.13. The summed E-state index contributed by atoms with van der Waals surface area (Å²) in [6, 6.07) is 0.384. The van der Waals surface area contributed by atoms with Gasteiger partial charge in [-0.1, -0.05) is 0 Å². The van der Waals surface area contributed by atoms with Crippen molar-refractivity contribution in [2.45, 2.75) is 51.0 Å². The number of aromatic nitrogens is 2. The van der Waals surface area contributed by atoms with Gasteiger partial charge in [0.05, 0.1) is 0 Å². The highest BCUT2D eigenvalue weighted by Gasteiger charge is 2.49. The Morgan fingerprint density at radius 3 is 2.42 bits per heavy atom. The maximum absolute atomic E-state index is 5.86. The standard InChI is InChI=1S/C16H25N3/c1-10(9-17)19-3-2-18-16(19)15-13-5-11-4-12(7-13)8-14(15)6-11/h2-3,10-15H,4-9,17H2,1H3. The van der Waals surface area contributed by atoms with Gasteiger partial charge in [-0.2, -0.15) is 0 Å². The molecule has 4 aliphatic rings. The smallest absolute Gasteiger partial charge is 0.112 e. The molecule has 19 heavy (non-hydrogen) atoms. The van der Waals surface area contributed by atoms with Gasteiger partial charge in [-0.05, 0) is 62.7 Å². The van der Waals surface area contributed by atoms with Gasteiger partial charge in [-0.3, -0.25) is 0 Å². The summed E-state index contributed by atoms with van der Waals surface area (Å²) in [5.41, 5.74) is 5.86. The van der Waals surface area contributed by atoms with E-state index in [4.69, 9.17) is 10.7 Å². The predicted molar refractivity (Wildman–Crippen MR) is 75.8 cm³/mol. The number of hydrogen-bond donors (Lipinski definition) is 1. The van der Waals surface area contributed by atoms with Crippen LogP contribution >= 0.6 is 0 Å². The Hall–Kier alpha value is -0.830. The van der Waals surface area contributed by atoms with Crippen LogP contribution in [0.1, 0.15) is 56.8 Å². The average molecular weight is 259 g/mol. The van der Waals surface area contributed by atoms with E-state index in [-0.39, 0.29) is 0 Å². The zero-order valence-corrected chi connectivity index (χ0v) is 11.8. The van der Waals surface area contributed by atoms with E-state index in [9.17, 15) is 0 Å². The van der Waals surface area contributed by atoms with Gasteiger partial charge in [0.1, 0.15) is 5.82 Å². The molecule has 4 aliphatic carbocycles. The Kier molecular flexibility index (Phi) is 2.73. The molecule has 1 aromatic heterocycles. The lowest BCUT2D eigenvalue weighted by Gasteiger charge is -2.54. The summed E-state index contributed by atoms with van der Waals surface area (Å²) in [7, 11) is 0. The summed E-state index contributed by atoms with van der Waals surface area (Å²) in [5.74, 6) is 5.94. The Morgan fingerprint density at radius 1 is 1.21 bits per heavy atom. The van der Waals surface area contributed by atoms with E-state index in [1.807, 2.05) is 6.20 Å². The molecule has 0 radical (unpaired) electrons. The molecule has 4 fully saturated rings. The van der Waals surface area contributed by atoms with Crippen LogP contribution in [0.3, 0.4) is 0 Å². The second kappa shape index (κ2) is 4.34. The normalized spacial score (nSPS) is 41.7. The van der Waals surface area contributed by atoms with Crippen molar-refractivity contribution in [2.24, 2.45) is 29.4 Å². The van der Waals surface area contributed by atoms with Gasteiger partial charge in [-0.15, -0.1) is 0 Å². The van der Waals surface area contributed by atoms with E-state index in [1.54, 1.807) is 0 Å². The molecule has 0 spiro atoms. The van der Waals surface area contributed by atoms with Gasteiger partial charge in [0, 0.05) is 30.9 Å². The molecular weight excluding hydrogens is 234 g/mol. The third-order valence-corrected chi connectivity index (χ3v) is 6.04. The van der Waals surface area contributed by atoms with Crippen LogP contribution in [-0.4, -0.2) is 16.1 Å². The predicted octanol–water partition coefficient (Wildman–Crippen LogP) is 2.94. The van der Waals surface area contributed by atoms with Gasteiger partial charge in [0.25, 0.3) is 0 Å². The van der Waals surface area contributed by atoms with E-state index < -0.39 is 0 Å². The summed E-state index contributed by atoms with van der Waals surface area (Å²) in [6.07, 6.45) is 11.5. The molecule has 1 heterocycles. The minimum absolute atomic E-state index is 0.384. The Balaban J connectivity index is 1.67. The van der Waals surface area contributed by atoms with E-state index in [0.717, 1.165) is 29.6 Å². The number of imidazole rings is 1. The van der Waals surface area contributed by atoms with E-state index >= 15 is 0 Å². The summed E-state index contributed by atoms with van der Waals surface area (Å²) in [4.78, 5) is 4.74. The third-order valence-electron chi connectivity index (χ3n) is 6.04. The molecule has 2 N–H and O–H groups in total. The Morgan fingerprint density at radius 2 is 1.84 bits per heavy atom. The number of nitrogens with zero attached hydrogens (tertiary/aromatic N) is 2. The van der Waals surface area contributed by atoms with Crippen molar-refractivity contribution in [3.05, 3.63) is 18.2 Å². The Labute approximate surface area is 115 Å². The van der Waals surface area contributed by atoms with Crippen LogP contribution in [0.25, 0.3) is 0 Å². The first-order valence-corrected chi connectivity index (χ1v) is 7.99. The summed E-state index contributed by atoms with van der Waals surface area (Å²) >= 11 is 0. The number of rotatable bonds is 3. The topological polar surface area (TPSA) is 43.8 Å². The average Bonchev–Trinajstić information content (AvgIpc) is 2.85. The van der Waals surface area contributed by atoms with Gasteiger partial charge in [-0.25, -0.2) is 4.98 Å². The molecule has 0 saturated heterocycles. The Bertz CT molecular complexity index is 436. The van der Waals surface area contributed by atoms with Gasteiger partial charge in [0.2, 0.25) is 0 Å². The lowest BCUT2D eigenvalue weighted by molar-refractivity contribution is -0.00706. The first-order chi connectivity index (χ1) is 9.26. The van der Waals surface area contributed by atoms with Crippen LogP contribution in [-0.2, 0) is 0 Å². The fourth-order valence-corrected chi connectivity index (χ4v) is 5.42. The first kappa shape index (κ1) is 12.0. The first-order valence-electron chi connectivity index (χ1n) is 7.99. The zero-order chi connectivity index (χ0) is 13.0. The largest absolute Gasteiger partial charge is 0.331 e. The molecule has 4 saturated carbocycles. The summed E-state index contributed by atoms with van der Waals surface area (Å²) < 4.78 is 2.35. The van der Waals surface area contributed by atoms with Crippen molar-refractivity contribution in [2.75, 3.05) is 6.54 Å². The van der Waals surface area contributed by atoms with Crippen LogP contribution in [0.4, 0.5) is 0 Å². The molecule has 1 unspecified atom stereocenters. The monoisotopic (exact) mass is 259 g/mol. The highest BCUT2D eigenvalue weighted by atomic mass is 15.1. The molecule has 104 valence electrons. The van der Waals surface area contributed by atoms with Crippen molar-refractivity contribution in [3.8, 4) is 0 Å². The molecular formula is C16H25N3. The quantitative estimate of drug-likeness (QED) is 0.907. The SMILES string of the molecule is CC(CN)n1ccnc1C1C2CC3CC(C2)CC1C3. The third kappa shape index (κ3) is 1.78. The summed E-state index contributed by atoms with van der Waals surface area (Å²) in [5, 5.41) is 0. The molecule has 0 amide bonds. The zero-order valence-electron chi connectivity index (χ0n) is 11.8. The molecule has 0 aromatic carbocycles. The van der Waals surface area contributed by atoms with E-state index in [2.05, 4.69) is 17.7 Å². The van der Waals surface area contributed by atoms with Crippen LogP contribution < -0.4 is 5.73 Å². The minimum Gasteiger partial charge on any atom is -0.331 e. The van der Waals surface area contributed by atoms with Crippen molar-refractivity contribution >= 4 is 0 Å².